The number of hydrogen-bond acceptors (Lipinski definition) is 4. The van der Waals surface area contributed by atoms with Gasteiger partial charge in [-0.3, -0.25) is 4.99 Å². The van der Waals surface area contributed by atoms with Gasteiger partial charge in [-0.15, -0.1) is 24.0 Å². The Morgan fingerprint density at radius 2 is 1.90 bits per heavy atom. The van der Waals surface area contributed by atoms with Crippen molar-refractivity contribution in [1.82, 2.24) is 10.6 Å². The molecule has 2 aromatic carbocycles. The largest absolute Gasteiger partial charge is 0.369 e. The Balaban J connectivity index is 0.00000341. The molecule has 0 amide bonds. The van der Waals surface area contributed by atoms with E-state index in [9.17, 15) is 12.8 Å². The van der Waals surface area contributed by atoms with E-state index in [1.165, 1.54) is 29.4 Å². The van der Waals surface area contributed by atoms with Gasteiger partial charge in [-0.2, -0.15) is 0 Å². The molecular weight excluding hydrogens is 530 g/mol. The van der Waals surface area contributed by atoms with Gasteiger partial charge >= 0.3 is 0 Å². The van der Waals surface area contributed by atoms with Crippen LogP contribution in [0.3, 0.4) is 0 Å². The molecule has 1 aliphatic rings. The molecule has 9 heteroatoms. The van der Waals surface area contributed by atoms with Crippen molar-refractivity contribution < 1.29 is 12.8 Å². The van der Waals surface area contributed by atoms with Crippen LogP contribution in [0.15, 0.2) is 58.4 Å². The Bertz CT molecular complexity index is 983. The third-order valence-electron chi connectivity index (χ3n) is 5.22. The van der Waals surface area contributed by atoms with E-state index < -0.39 is 15.7 Å². The molecule has 3 rings (SSSR count). The molecule has 170 valence electrons. The minimum atomic E-state index is -3.70. The van der Waals surface area contributed by atoms with E-state index >= 15 is 0 Å². The van der Waals surface area contributed by atoms with Crippen LogP contribution >= 0.6 is 24.0 Å². The van der Waals surface area contributed by atoms with E-state index in [1.54, 1.807) is 7.05 Å². The standard InChI is InChI=1S/C22H29FN4O2S.HI/c1-17-9-11-19(12-10-17)27-14-5-6-18(16-27)26-22(24-2)25-13-15-30(28,29)21-8-4-3-7-20(21)23;/h3-4,7-12,18H,5-6,13-16H2,1-2H3,(H2,24,25,26);1H. The zero-order chi connectivity index (χ0) is 21.6. The van der Waals surface area contributed by atoms with Gasteiger partial charge in [-0.1, -0.05) is 29.8 Å². The number of piperidine rings is 1. The van der Waals surface area contributed by atoms with Crippen molar-refractivity contribution in [2.75, 3.05) is 37.3 Å². The second kappa shape index (κ2) is 11.7. The summed E-state index contributed by atoms with van der Waals surface area (Å²) in [5.41, 5.74) is 2.44. The van der Waals surface area contributed by atoms with Gasteiger partial charge in [0.1, 0.15) is 10.7 Å². The third kappa shape index (κ3) is 7.06. The van der Waals surface area contributed by atoms with Crippen molar-refractivity contribution in [3.8, 4) is 0 Å². The van der Waals surface area contributed by atoms with Crippen LogP contribution in [0.5, 0.6) is 0 Å². The van der Waals surface area contributed by atoms with Gasteiger partial charge in [-0.25, -0.2) is 12.8 Å². The molecule has 1 atom stereocenters. The van der Waals surface area contributed by atoms with Gasteiger partial charge in [0.2, 0.25) is 0 Å². The van der Waals surface area contributed by atoms with E-state index in [-0.39, 0.29) is 47.2 Å². The van der Waals surface area contributed by atoms with Crippen LogP contribution in [0.25, 0.3) is 0 Å². The Morgan fingerprint density at radius 1 is 1.19 bits per heavy atom. The van der Waals surface area contributed by atoms with E-state index in [2.05, 4.69) is 51.7 Å². The predicted octanol–water partition coefficient (Wildman–Crippen LogP) is 3.36. The number of nitrogens with zero attached hydrogens (tertiary/aromatic N) is 2. The molecular formula is C22H30FIN4O2S. The molecule has 31 heavy (non-hydrogen) atoms. The van der Waals surface area contributed by atoms with Crippen molar-refractivity contribution in [1.29, 1.82) is 0 Å². The molecule has 1 heterocycles. The summed E-state index contributed by atoms with van der Waals surface area (Å²) >= 11 is 0. The first-order valence-electron chi connectivity index (χ1n) is 10.1. The number of aryl methyl sites for hydroxylation is 1. The normalized spacial score (nSPS) is 17.1. The van der Waals surface area contributed by atoms with Crippen molar-refractivity contribution in [2.24, 2.45) is 4.99 Å². The summed E-state index contributed by atoms with van der Waals surface area (Å²) in [5.74, 6) is -0.387. The Hall–Kier alpha value is -1.88. The lowest BCUT2D eigenvalue weighted by Crippen LogP contribution is -2.51. The second-order valence-corrected chi connectivity index (χ2v) is 9.59. The highest BCUT2D eigenvalue weighted by atomic mass is 127. The van der Waals surface area contributed by atoms with Crippen molar-refractivity contribution in [2.45, 2.75) is 30.7 Å². The number of anilines is 1. The number of halogens is 2. The van der Waals surface area contributed by atoms with Gasteiger partial charge < -0.3 is 15.5 Å². The summed E-state index contributed by atoms with van der Waals surface area (Å²) in [5, 5.41) is 6.43. The lowest BCUT2D eigenvalue weighted by molar-refractivity contribution is 0.468. The fraction of sp³-hybridized carbons (Fsp3) is 0.409. The predicted molar refractivity (Wildman–Crippen MR) is 135 cm³/mol. The van der Waals surface area contributed by atoms with Crippen molar-refractivity contribution >= 4 is 45.5 Å². The van der Waals surface area contributed by atoms with Crippen LogP contribution in [0.1, 0.15) is 18.4 Å². The molecule has 0 aromatic heterocycles. The highest BCUT2D eigenvalue weighted by Crippen LogP contribution is 2.20. The Labute approximate surface area is 201 Å². The van der Waals surface area contributed by atoms with Crippen molar-refractivity contribution in [3.05, 3.63) is 59.9 Å². The van der Waals surface area contributed by atoms with Crippen molar-refractivity contribution in [3.63, 3.8) is 0 Å². The zero-order valence-electron chi connectivity index (χ0n) is 17.8. The number of benzene rings is 2. The van der Waals surface area contributed by atoms with E-state index in [0.29, 0.717) is 5.96 Å². The number of sulfone groups is 1. The maximum atomic E-state index is 13.8. The Kier molecular flexibility index (Phi) is 9.54. The molecule has 1 saturated heterocycles. The highest BCUT2D eigenvalue weighted by molar-refractivity contribution is 14.0. The fourth-order valence-electron chi connectivity index (χ4n) is 3.58. The molecule has 0 saturated carbocycles. The van der Waals surface area contributed by atoms with Crippen LogP contribution in [0.4, 0.5) is 10.1 Å². The van der Waals surface area contributed by atoms with Crippen LogP contribution in [-0.2, 0) is 9.84 Å². The average Bonchev–Trinajstić information content (AvgIpc) is 2.74. The lowest BCUT2D eigenvalue weighted by Gasteiger charge is -2.35. The maximum Gasteiger partial charge on any atom is 0.191 e. The van der Waals surface area contributed by atoms with E-state index in [0.717, 1.165) is 32.0 Å². The van der Waals surface area contributed by atoms with Gasteiger partial charge in [-0.05, 0) is 44.0 Å². The maximum absolute atomic E-state index is 13.8. The molecule has 1 unspecified atom stereocenters. The summed E-state index contributed by atoms with van der Waals surface area (Å²) in [7, 11) is -2.05. The number of hydrogen-bond donors (Lipinski definition) is 2. The summed E-state index contributed by atoms with van der Waals surface area (Å²) < 4.78 is 38.6. The number of aliphatic imine (C=N–C) groups is 1. The molecule has 0 aliphatic carbocycles. The first-order valence-corrected chi connectivity index (χ1v) is 11.8. The first kappa shape index (κ1) is 25.4. The molecule has 2 N–H and O–H groups in total. The monoisotopic (exact) mass is 560 g/mol. The number of rotatable bonds is 6. The summed E-state index contributed by atoms with van der Waals surface area (Å²) in [6, 6.07) is 14.1. The topological polar surface area (TPSA) is 73.8 Å². The highest BCUT2D eigenvalue weighted by Gasteiger charge is 2.22. The quantitative estimate of drug-likeness (QED) is 0.322. The van der Waals surface area contributed by atoms with Gasteiger partial charge in [0.05, 0.1) is 5.75 Å². The zero-order valence-corrected chi connectivity index (χ0v) is 21.0. The van der Waals surface area contributed by atoms with Crippen LogP contribution in [0.2, 0.25) is 0 Å². The molecule has 1 fully saturated rings. The number of nitrogens with one attached hydrogen (secondary N) is 2. The minimum Gasteiger partial charge on any atom is -0.369 e. The summed E-state index contributed by atoms with van der Waals surface area (Å²) in [4.78, 5) is 6.28. The Morgan fingerprint density at radius 3 is 2.58 bits per heavy atom. The molecule has 2 aromatic rings. The molecule has 0 radical (unpaired) electrons. The third-order valence-corrected chi connectivity index (χ3v) is 6.96. The first-order chi connectivity index (χ1) is 14.4. The van der Waals surface area contributed by atoms with E-state index in [1.807, 2.05) is 0 Å². The van der Waals surface area contributed by atoms with Crippen LogP contribution in [-0.4, -0.2) is 52.9 Å². The summed E-state index contributed by atoms with van der Waals surface area (Å²) in [6.07, 6.45) is 2.07. The molecule has 6 nitrogen and oxygen atoms in total. The van der Waals surface area contributed by atoms with Crippen LogP contribution < -0.4 is 15.5 Å². The minimum absolute atomic E-state index is 0. The summed E-state index contributed by atoms with van der Waals surface area (Å²) in [6.45, 7) is 4.07. The lowest BCUT2D eigenvalue weighted by atomic mass is 10.0. The molecule has 0 spiro atoms. The van der Waals surface area contributed by atoms with Gasteiger partial charge in [0.15, 0.2) is 15.8 Å². The average molecular weight is 560 g/mol. The molecule has 1 aliphatic heterocycles. The van der Waals surface area contributed by atoms with Gasteiger partial charge in [0.25, 0.3) is 0 Å². The SMILES string of the molecule is CN=C(NCCS(=O)(=O)c1ccccc1F)NC1CCCN(c2ccc(C)cc2)C1.I. The fourth-order valence-corrected chi connectivity index (χ4v) is 4.83. The van der Waals surface area contributed by atoms with E-state index in [4.69, 9.17) is 0 Å². The van der Waals surface area contributed by atoms with Gasteiger partial charge in [0, 0.05) is 38.4 Å². The van der Waals surface area contributed by atoms with Crippen LogP contribution in [0, 0.1) is 12.7 Å². The molecule has 0 bridgehead atoms. The second-order valence-electron chi connectivity index (χ2n) is 7.51. The smallest absolute Gasteiger partial charge is 0.191 e. The number of guanidine groups is 1.